The van der Waals surface area contributed by atoms with Gasteiger partial charge in [-0.25, -0.2) is 0 Å². The van der Waals surface area contributed by atoms with E-state index in [0.29, 0.717) is 6.54 Å². The van der Waals surface area contributed by atoms with Crippen molar-refractivity contribution in [2.45, 2.75) is 19.4 Å². The third-order valence-corrected chi connectivity index (χ3v) is 2.17. The van der Waals surface area contributed by atoms with Gasteiger partial charge in [0.2, 0.25) is 5.91 Å². The number of anilines is 1. The van der Waals surface area contributed by atoms with Crippen LogP contribution in [0.4, 0.5) is 5.69 Å². The Labute approximate surface area is 108 Å². The van der Waals surface area contributed by atoms with E-state index >= 15 is 0 Å². The summed E-state index contributed by atoms with van der Waals surface area (Å²) in [5.41, 5.74) is 6.51. The first-order valence-corrected chi connectivity index (χ1v) is 5.52. The van der Waals surface area contributed by atoms with Crippen LogP contribution in [0.15, 0.2) is 30.3 Å². The maximum absolute atomic E-state index is 11.1. The lowest BCUT2D eigenvalue weighted by atomic mass is 10.3. The Kier molecular flexibility index (Phi) is 8.19. The first-order valence-electron chi connectivity index (χ1n) is 5.52. The van der Waals surface area contributed by atoms with Crippen LogP contribution in [0.25, 0.3) is 0 Å². The molecule has 1 aromatic carbocycles. The number of hydrogen-bond acceptors (Lipinski definition) is 3. The third kappa shape index (κ3) is 6.81. The Hall–Kier alpha value is -1.26. The Balaban J connectivity index is 0.00000256. The van der Waals surface area contributed by atoms with Crippen LogP contribution in [-0.2, 0) is 4.79 Å². The summed E-state index contributed by atoms with van der Waals surface area (Å²) in [5.74, 6) is -0.0975. The molecule has 0 aliphatic heterocycles. The smallest absolute Gasteiger partial charge is 0.236 e. The molecule has 0 spiro atoms. The van der Waals surface area contributed by atoms with Crippen molar-refractivity contribution in [3.8, 4) is 0 Å². The number of rotatable bonds is 6. The molecule has 0 saturated carbocycles. The normalized spacial score (nSPS) is 11.2. The maximum atomic E-state index is 11.1. The number of para-hydroxylation sites is 1. The average Bonchev–Trinajstić information content (AvgIpc) is 2.29. The zero-order valence-corrected chi connectivity index (χ0v) is 10.8. The van der Waals surface area contributed by atoms with Crippen LogP contribution in [-0.4, -0.2) is 25.0 Å². The fourth-order valence-corrected chi connectivity index (χ4v) is 1.25. The molecular weight excluding hydrogens is 238 g/mol. The van der Waals surface area contributed by atoms with Crippen molar-refractivity contribution >= 4 is 24.0 Å². The minimum absolute atomic E-state index is 0. The van der Waals surface area contributed by atoms with Crippen LogP contribution in [0.3, 0.4) is 0 Å². The van der Waals surface area contributed by atoms with E-state index in [-0.39, 0.29) is 18.3 Å². The highest BCUT2D eigenvalue weighted by atomic mass is 35.5. The van der Waals surface area contributed by atoms with Crippen molar-refractivity contribution in [1.29, 1.82) is 0 Å². The summed E-state index contributed by atoms with van der Waals surface area (Å²) in [6.07, 6.45) is 0.882. The number of nitrogens with two attached hydrogens (primary N) is 1. The molecule has 5 heteroatoms. The summed E-state index contributed by atoms with van der Waals surface area (Å²) in [6, 6.07) is 9.55. The topological polar surface area (TPSA) is 67.2 Å². The molecule has 0 aromatic heterocycles. The molecule has 1 atom stereocenters. The van der Waals surface area contributed by atoms with E-state index in [1.807, 2.05) is 30.3 Å². The van der Waals surface area contributed by atoms with Gasteiger partial charge < -0.3 is 16.4 Å². The van der Waals surface area contributed by atoms with Gasteiger partial charge in [0, 0.05) is 18.8 Å². The highest BCUT2D eigenvalue weighted by Crippen LogP contribution is 2.03. The van der Waals surface area contributed by atoms with Gasteiger partial charge in [0.15, 0.2) is 0 Å². The summed E-state index contributed by atoms with van der Waals surface area (Å²) >= 11 is 0. The first-order chi connectivity index (χ1) is 7.70. The molecule has 0 saturated heterocycles. The predicted octanol–water partition coefficient (Wildman–Crippen LogP) is 1.37. The number of benzene rings is 1. The number of halogens is 1. The molecule has 1 amide bonds. The average molecular weight is 258 g/mol. The Bertz CT molecular complexity index is 317. The Morgan fingerprint density at radius 1 is 1.29 bits per heavy atom. The zero-order chi connectivity index (χ0) is 11.8. The molecule has 4 N–H and O–H groups in total. The Morgan fingerprint density at radius 2 is 1.94 bits per heavy atom. The van der Waals surface area contributed by atoms with Crippen molar-refractivity contribution in [3.63, 3.8) is 0 Å². The molecule has 1 unspecified atom stereocenters. The second-order valence-electron chi connectivity index (χ2n) is 3.73. The van der Waals surface area contributed by atoms with Crippen molar-refractivity contribution < 1.29 is 4.79 Å². The van der Waals surface area contributed by atoms with E-state index in [4.69, 9.17) is 5.73 Å². The highest BCUT2D eigenvalue weighted by Gasteiger charge is 2.04. The summed E-state index contributed by atoms with van der Waals surface area (Å²) in [4.78, 5) is 11.1. The van der Waals surface area contributed by atoms with Gasteiger partial charge in [-0.2, -0.15) is 0 Å². The van der Waals surface area contributed by atoms with Crippen LogP contribution < -0.4 is 16.4 Å². The van der Waals surface area contributed by atoms with Gasteiger partial charge >= 0.3 is 0 Å². The molecule has 0 fully saturated rings. The van der Waals surface area contributed by atoms with Gasteiger partial charge in [-0.1, -0.05) is 18.2 Å². The van der Waals surface area contributed by atoms with Crippen LogP contribution in [0.5, 0.6) is 0 Å². The SMILES string of the molecule is CC(N)C(=O)NCCCNc1ccccc1.Cl. The van der Waals surface area contributed by atoms with Gasteiger partial charge in [0.25, 0.3) is 0 Å². The summed E-state index contributed by atoms with van der Waals surface area (Å²) in [7, 11) is 0. The minimum Gasteiger partial charge on any atom is -0.385 e. The molecule has 0 radical (unpaired) electrons. The fourth-order valence-electron chi connectivity index (χ4n) is 1.25. The van der Waals surface area contributed by atoms with Crippen LogP contribution >= 0.6 is 12.4 Å². The molecule has 0 bridgehead atoms. The maximum Gasteiger partial charge on any atom is 0.236 e. The first kappa shape index (κ1) is 15.7. The second kappa shape index (κ2) is 8.84. The number of amides is 1. The van der Waals surface area contributed by atoms with Crippen LogP contribution in [0.1, 0.15) is 13.3 Å². The number of carbonyl (C=O) groups excluding carboxylic acids is 1. The summed E-state index contributed by atoms with van der Waals surface area (Å²) in [5, 5.41) is 6.03. The molecule has 17 heavy (non-hydrogen) atoms. The lowest BCUT2D eigenvalue weighted by molar-refractivity contribution is -0.121. The summed E-state index contributed by atoms with van der Waals surface area (Å²) in [6.45, 7) is 3.17. The van der Waals surface area contributed by atoms with E-state index in [0.717, 1.165) is 18.7 Å². The van der Waals surface area contributed by atoms with Crippen LogP contribution in [0.2, 0.25) is 0 Å². The molecule has 1 aromatic rings. The third-order valence-electron chi connectivity index (χ3n) is 2.17. The predicted molar refractivity (Wildman–Crippen MR) is 73.5 cm³/mol. The standard InChI is InChI=1S/C12H19N3O.ClH/c1-10(13)12(16)15-9-5-8-14-11-6-3-2-4-7-11;/h2-4,6-7,10,14H,5,8-9,13H2,1H3,(H,15,16);1H. The number of carbonyl (C=O) groups is 1. The number of hydrogen-bond donors (Lipinski definition) is 3. The lowest BCUT2D eigenvalue weighted by Gasteiger charge is -2.08. The van der Waals surface area contributed by atoms with Crippen molar-refractivity contribution in [1.82, 2.24) is 5.32 Å². The van der Waals surface area contributed by atoms with Crippen molar-refractivity contribution in [2.24, 2.45) is 5.73 Å². The molecule has 1 rings (SSSR count). The quantitative estimate of drug-likeness (QED) is 0.675. The van der Waals surface area contributed by atoms with E-state index < -0.39 is 6.04 Å². The largest absolute Gasteiger partial charge is 0.385 e. The van der Waals surface area contributed by atoms with Gasteiger partial charge in [0.1, 0.15) is 0 Å². The van der Waals surface area contributed by atoms with Gasteiger partial charge in [-0.15, -0.1) is 12.4 Å². The van der Waals surface area contributed by atoms with Gasteiger partial charge in [0.05, 0.1) is 6.04 Å². The lowest BCUT2D eigenvalue weighted by Crippen LogP contribution is -2.39. The fraction of sp³-hybridized carbons (Fsp3) is 0.417. The Morgan fingerprint density at radius 3 is 2.53 bits per heavy atom. The molecular formula is C12H20ClN3O. The molecule has 96 valence electrons. The number of nitrogens with one attached hydrogen (secondary N) is 2. The molecule has 0 heterocycles. The second-order valence-corrected chi connectivity index (χ2v) is 3.73. The van der Waals surface area contributed by atoms with E-state index in [1.165, 1.54) is 0 Å². The minimum atomic E-state index is -0.429. The molecule has 4 nitrogen and oxygen atoms in total. The monoisotopic (exact) mass is 257 g/mol. The van der Waals surface area contributed by atoms with Gasteiger partial charge in [-0.3, -0.25) is 4.79 Å². The van der Waals surface area contributed by atoms with E-state index in [1.54, 1.807) is 6.92 Å². The summed E-state index contributed by atoms with van der Waals surface area (Å²) < 4.78 is 0. The van der Waals surface area contributed by atoms with Crippen molar-refractivity contribution in [3.05, 3.63) is 30.3 Å². The van der Waals surface area contributed by atoms with Crippen LogP contribution in [0, 0.1) is 0 Å². The van der Waals surface area contributed by atoms with Crippen molar-refractivity contribution in [2.75, 3.05) is 18.4 Å². The zero-order valence-electron chi connectivity index (χ0n) is 9.98. The van der Waals surface area contributed by atoms with E-state index in [9.17, 15) is 4.79 Å². The molecule has 0 aliphatic carbocycles. The molecule has 0 aliphatic rings. The van der Waals surface area contributed by atoms with Gasteiger partial charge in [-0.05, 0) is 25.5 Å². The van der Waals surface area contributed by atoms with E-state index in [2.05, 4.69) is 10.6 Å². The highest BCUT2D eigenvalue weighted by molar-refractivity contribution is 5.85.